The number of fused-ring (bicyclic) bond motifs is 1. The van der Waals surface area contributed by atoms with Crippen LogP contribution in [-0.2, 0) is 4.74 Å². The Morgan fingerprint density at radius 3 is 2.76 bits per heavy atom. The molecule has 5 heteroatoms. The molecule has 1 aliphatic rings. The second kappa shape index (κ2) is 5.69. The fraction of sp³-hybridized carbons (Fsp3) is 0.375. The van der Waals surface area contributed by atoms with Crippen LogP contribution in [0.3, 0.4) is 0 Å². The highest BCUT2D eigenvalue weighted by molar-refractivity contribution is 5.98. The van der Waals surface area contributed by atoms with Gasteiger partial charge in [0.25, 0.3) is 5.91 Å². The van der Waals surface area contributed by atoms with E-state index in [1.165, 1.54) is 0 Å². The Labute approximate surface area is 123 Å². The van der Waals surface area contributed by atoms with Gasteiger partial charge in [0.15, 0.2) is 0 Å². The lowest BCUT2D eigenvalue weighted by molar-refractivity contribution is 0.0302. The van der Waals surface area contributed by atoms with Gasteiger partial charge in [-0.05, 0) is 25.1 Å². The van der Waals surface area contributed by atoms with Crippen LogP contribution in [0.25, 0.3) is 10.9 Å². The number of morpholine rings is 1. The highest BCUT2D eigenvalue weighted by atomic mass is 16.5. The molecule has 3 rings (SSSR count). The zero-order chi connectivity index (χ0) is 14.8. The molecule has 1 aliphatic heterocycles. The Balaban J connectivity index is 1.98. The molecule has 0 radical (unpaired) electrons. The van der Waals surface area contributed by atoms with Crippen molar-refractivity contribution in [1.29, 1.82) is 0 Å². The van der Waals surface area contributed by atoms with Crippen LogP contribution in [0.5, 0.6) is 5.75 Å². The summed E-state index contributed by atoms with van der Waals surface area (Å²) in [5.74, 6) is 0.794. The van der Waals surface area contributed by atoms with Gasteiger partial charge in [0.05, 0.1) is 37.1 Å². The Bertz CT molecular complexity index is 679. The smallest absolute Gasteiger partial charge is 0.255 e. The van der Waals surface area contributed by atoms with Gasteiger partial charge in [0.2, 0.25) is 0 Å². The number of nitrogens with zero attached hydrogens (tertiary/aromatic N) is 2. The van der Waals surface area contributed by atoms with E-state index < -0.39 is 0 Å². The zero-order valence-electron chi connectivity index (χ0n) is 12.3. The van der Waals surface area contributed by atoms with Gasteiger partial charge in [0.1, 0.15) is 5.75 Å². The maximum absolute atomic E-state index is 12.6. The maximum atomic E-state index is 12.6. The van der Waals surface area contributed by atoms with Crippen molar-refractivity contribution in [3.63, 3.8) is 0 Å². The Kier molecular flexibility index (Phi) is 3.75. The predicted octanol–water partition coefficient (Wildman–Crippen LogP) is 2.02. The molecule has 1 fully saturated rings. The van der Waals surface area contributed by atoms with Crippen LogP contribution in [0.15, 0.2) is 24.3 Å². The lowest BCUT2D eigenvalue weighted by atomic mass is 10.1. The Morgan fingerprint density at radius 1 is 1.29 bits per heavy atom. The number of benzene rings is 1. The Morgan fingerprint density at radius 2 is 2.05 bits per heavy atom. The van der Waals surface area contributed by atoms with Gasteiger partial charge < -0.3 is 14.4 Å². The number of aryl methyl sites for hydroxylation is 1. The molecule has 0 aliphatic carbocycles. The highest BCUT2D eigenvalue weighted by Crippen LogP contribution is 2.22. The number of carbonyl (C=O) groups excluding carboxylic acids is 1. The van der Waals surface area contributed by atoms with Crippen molar-refractivity contribution in [3.8, 4) is 5.75 Å². The summed E-state index contributed by atoms with van der Waals surface area (Å²) in [4.78, 5) is 19.0. The number of methoxy groups -OCH3 is 1. The first-order valence-corrected chi connectivity index (χ1v) is 7.01. The number of hydrogen-bond donors (Lipinski definition) is 0. The Hall–Kier alpha value is -2.14. The molecule has 1 saturated heterocycles. The van der Waals surface area contributed by atoms with Crippen LogP contribution in [0.4, 0.5) is 0 Å². The predicted molar refractivity (Wildman–Crippen MR) is 79.8 cm³/mol. The summed E-state index contributed by atoms with van der Waals surface area (Å²) in [7, 11) is 1.63. The minimum absolute atomic E-state index is 0.0287. The zero-order valence-corrected chi connectivity index (χ0v) is 12.3. The first-order valence-electron chi connectivity index (χ1n) is 7.01. The van der Waals surface area contributed by atoms with Crippen LogP contribution in [0, 0.1) is 6.92 Å². The van der Waals surface area contributed by atoms with Crippen molar-refractivity contribution >= 4 is 16.8 Å². The van der Waals surface area contributed by atoms with E-state index in [0.717, 1.165) is 22.3 Å². The summed E-state index contributed by atoms with van der Waals surface area (Å²) in [6.45, 7) is 4.34. The topological polar surface area (TPSA) is 51.7 Å². The molecule has 2 heterocycles. The number of amides is 1. The fourth-order valence-corrected chi connectivity index (χ4v) is 2.52. The average molecular weight is 286 g/mol. The van der Waals surface area contributed by atoms with Gasteiger partial charge in [-0.2, -0.15) is 0 Å². The van der Waals surface area contributed by atoms with E-state index in [4.69, 9.17) is 9.47 Å². The molecule has 2 aromatic rings. The number of aromatic nitrogens is 1. The van der Waals surface area contributed by atoms with Crippen molar-refractivity contribution in [2.75, 3.05) is 33.4 Å². The van der Waals surface area contributed by atoms with E-state index in [9.17, 15) is 4.79 Å². The van der Waals surface area contributed by atoms with Crippen molar-refractivity contribution in [2.45, 2.75) is 6.92 Å². The molecule has 0 unspecified atom stereocenters. The summed E-state index contributed by atoms with van der Waals surface area (Å²) in [5, 5.41) is 0.943. The number of rotatable bonds is 2. The summed E-state index contributed by atoms with van der Waals surface area (Å²) in [6, 6.07) is 7.60. The first-order chi connectivity index (χ1) is 10.2. The number of hydrogen-bond acceptors (Lipinski definition) is 4. The molecule has 0 saturated carbocycles. The van der Waals surface area contributed by atoms with Crippen molar-refractivity contribution in [2.24, 2.45) is 0 Å². The van der Waals surface area contributed by atoms with Gasteiger partial charge in [0, 0.05) is 24.5 Å². The van der Waals surface area contributed by atoms with Crippen molar-refractivity contribution < 1.29 is 14.3 Å². The standard InChI is InChI=1S/C16H18N2O3/c1-11-14(16(19)18-5-7-21-8-6-18)9-12-3-4-13(20-2)10-15(12)17-11/h3-4,9-10H,5-8H2,1-2H3. The molecular formula is C16H18N2O3. The van der Waals surface area contributed by atoms with Gasteiger partial charge >= 0.3 is 0 Å². The van der Waals surface area contributed by atoms with E-state index >= 15 is 0 Å². The van der Waals surface area contributed by atoms with E-state index in [2.05, 4.69) is 4.98 Å². The summed E-state index contributed by atoms with van der Waals surface area (Å²) >= 11 is 0. The summed E-state index contributed by atoms with van der Waals surface area (Å²) in [5.41, 5.74) is 2.24. The molecule has 0 spiro atoms. The second-order valence-electron chi connectivity index (χ2n) is 5.08. The van der Waals surface area contributed by atoms with Gasteiger partial charge in [-0.15, -0.1) is 0 Å². The third-order valence-electron chi connectivity index (χ3n) is 3.74. The number of pyridine rings is 1. The monoisotopic (exact) mass is 286 g/mol. The molecule has 0 N–H and O–H groups in total. The molecule has 1 aromatic heterocycles. The molecule has 1 aromatic carbocycles. The van der Waals surface area contributed by atoms with E-state index in [0.29, 0.717) is 31.9 Å². The molecular weight excluding hydrogens is 268 g/mol. The van der Waals surface area contributed by atoms with E-state index in [-0.39, 0.29) is 5.91 Å². The molecule has 110 valence electrons. The second-order valence-corrected chi connectivity index (χ2v) is 5.08. The van der Waals surface area contributed by atoms with Gasteiger partial charge in [-0.3, -0.25) is 9.78 Å². The number of ether oxygens (including phenoxy) is 2. The third kappa shape index (κ3) is 2.69. The first kappa shape index (κ1) is 13.8. The van der Waals surface area contributed by atoms with Crippen LogP contribution in [0.2, 0.25) is 0 Å². The van der Waals surface area contributed by atoms with Crippen LogP contribution in [-0.4, -0.2) is 49.2 Å². The van der Waals surface area contributed by atoms with E-state index in [1.807, 2.05) is 36.1 Å². The molecule has 0 bridgehead atoms. The third-order valence-corrected chi connectivity index (χ3v) is 3.74. The van der Waals surface area contributed by atoms with Gasteiger partial charge in [-0.1, -0.05) is 0 Å². The maximum Gasteiger partial charge on any atom is 0.255 e. The van der Waals surface area contributed by atoms with Crippen LogP contribution >= 0.6 is 0 Å². The lowest BCUT2D eigenvalue weighted by Gasteiger charge is -2.27. The van der Waals surface area contributed by atoms with Crippen LogP contribution < -0.4 is 4.74 Å². The fourth-order valence-electron chi connectivity index (χ4n) is 2.52. The largest absolute Gasteiger partial charge is 0.497 e. The van der Waals surface area contributed by atoms with E-state index in [1.54, 1.807) is 7.11 Å². The summed E-state index contributed by atoms with van der Waals surface area (Å²) in [6.07, 6.45) is 0. The molecule has 21 heavy (non-hydrogen) atoms. The van der Waals surface area contributed by atoms with Crippen LogP contribution in [0.1, 0.15) is 16.1 Å². The SMILES string of the molecule is COc1ccc2cc(C(=O)N3CCOCC3)c(C)nc2c1. The molecule has 5 nitrogen and oxygen atoms in total. The average Bonchev–Trinajstić information content (AvgIpc) is 2.53. The van der Waals surface area contributed by atoms with Gasteiger partial charge in [-0.25, -0.2) is 0 Å². The normalized spacial score (nSPS) is 15.2. The van der Waals surface area contributed by atoms with Crippen molar-refractivity contribution in [3.05, 3.63) is 35.5 Å². The molecule has 1 amide bonds. The summed E-state index contributed by atoms with van der Waals surface area (Å²) < 4.78 is 10.5. The quantitative estimate of drug-likeness (QED) is 0.847. The highest BCUT2D eigenvalue weighted by Gasteiger charge is 2.21. The molecule has 0 atom stereocenters. The minimum Gasteiger partial charge on any atom is -0.497 e. The van der Waals surface area contributed by atoms with Crippen molar-refractivity contribution in [1.82, 2.24) is 9.88 Å². The number of carbonyl (C=O) groups is 1. The lowest BCUT2D eigenvalue weighted by Crippen LogP contribution is -2.41. The minimum atomic E-state index is 0.0287.